The van der Waals surface area contributed by atoms with Crippen molar-refractivity contribution < 1.29 is 9.47 Å². The van der Waals surface area contributed by atoms with Gasteiger partial charge in [0.2, 0.25) is 0 Å². The van der Waals surface area contributed by atoms with Gasteiger partial charge in [0, 0.05) is 5.69 Å². The molecule has 21 heavy (non-hydrogen) atoms. The highest BCUT2D eigenvalue weighted by Crippen LogP contribution is 2.28. The summed E-state index contributed by atoms with van der Waals surface area (Å²) in [6, 6.07) is 14.3. The minimum atomic E-state index is 0.781. The number of hydrogen-bond donors (Lipinski definition) is 1. The van der Waals surface area contributed by atoms with Crippen LogP contribution in [0.5, 0.6) is 11.5 Å². The molecule has 2 N–H and O–H groups in total. The number of unbranched alkanes of at least 4 members (excludes halogenated alkanes) is 1. The highest BCUT2D eigenvalue weighted by molar-refractivity contribution is 5.43. The van der Waals surface area contributed by atoms with Gasteiger partial charge in [-0.15, -0.1) is 0 Å². The fourth-order valence-corrected chi connectivity index (χ4v) is 2.38. The van der Waals surface area contributed by atoms with Crippen LogP contribution in [-0.4, -0.2) is 14.2 Å². The number of anilines is 1. The number of benzene rings is 2. The van der Waals surface area contributed by atoms with Gasteiger partial charge in [0.05, 0.1) is 14.2 Å². The molecule has 3 nitrogen and oxygen atoms in total. The summed E-state index contributed by atoms with van der Waals surface area (Å²) in [7, 11) is 3.33. The van der Waals surface area contributed by atoms with E-state index in [1.165, 1.54) is 11.1 Å². The number of rotatable bonds is 7. The van der Waals surface area contributed by atoms with Crippen LogP contribution in [0, 0.1) is 0 Å². The van der Waals surface area contributed by atoms with Crippen LogP contribution in [-0.2, 0) is 12.8 Å². The highest BCUT2D eigenvalue weighted by atomic mass is 16.5. The largest absolute Gasteiger partial charge is 0.493 e. The van der Waals surface area contributed by atoms with E-state index in [-0.39, 0.29) is 0 Å². The average molecular weight is 285 g/mol. The third-order valence-electron chi connectivity index (χ3n) is 3.61. The van der Waals surface area contributed by atoms with Crippen molar-refractivity contribution in [2.75, 3.05) is 20.0 Å². The van der Waals surface area contributed by atoms with E-state index in [9.17, 15) is 0 Å². The molecule has 2 aromatic rings. The molecule has 0 heterocycles. The molecule has 0 aromatic heterocycles. The monoisotopic (exact) mass is 285 g/mol. The Morgan fingerprint density at radius 3 is 1.95 bits per heavy atom. The molecule has 0 amide bonds. The molecule has 0 radical (unpaired) electrons. The first-order chi connectivity index (χ1) is 10.2. The van der Waals surface area contributed by atoms with E-state index in [4.69, 9.17) is 15.2 Å². The van der Waals surface area contributed by atoms with E-state index in [1.807, 2.05) is 18.2 Å². The standard InChI is InChI=1S/C18H23NO2/c1-20-17-12-9-15(13-18(17)21-2)6-4-3-5-14-7-10-16(19)11-8-14/h7-13H,3-6,19H2,1-2H3. The SMILES string of the molecule is COc1ccc(CCCCc2ccc(N)cc2)cc1OC. The van der Waals surface area contributed by atoms with Crippen molar-refractivity contribution >= 4 is 5.69 Å². The summed E-state index contributed by atoms with van der Waals surface area (Å²) >= 11 is 0. The maximum Gasteiger partial charge on any atom is 0.160 e. The first-order valence-corrected chi connectivity index (χ1v) is 7.28. The second-order valence-electron chi connectivity index (χ2n) is 5.14. The summed E-state index contributed by atoms with van der Waals surface area (Å²) in [6.45, 7) is 0. The summed E-state index contributed by atoms with van der Waals surface area (Å²) in [5, 5.41) is 0. The second kappa shape index (κ2) is 7.58. The molecule has 3 heteroatoms. The van der Waals surface area contributed by atoms with Crippen LogP contribution < -0.4 is 15.2 Å². The molecule has 0 fully saturated rings. The molecule has 0 atom stereocenters. The zero-order valence-corrected chi connectivity index (χ0v) is 12.8. The number of ether oxygens (including phenoxy) is 2. The molecule has 0 bridgehead atoms. The Balaban J connectivity index is 1.82. The fourth-order valence-electron chi connectivity index (χ4n) is 2.38. The zero-order chi connectivity index (χ0) is 15.1. The van der Waals surface area contributed by atoms with Crippen molar-refractivity contribution in [2.45, 2.75) is 25.7 Å². The van der Waals surface area contributed by atoms with Crippen LogP contribution in [0.4, 0.5) is 5.69 Å². The van der Waals surface area contributed by atoms with Crippen molar-refractivity contribution in [3.8, 4) is 11.5 Å². The lowest BCUT2D eigenvalue weighted by molar-refractivity contribution is 0.354. The molecule has 0 aliphatic carbocycles. The topological polar surface area (TPSA) is 44.5 Å². The van der Waals surface area contributed by atoms with E-state index in [2.05, 4.69) is 24.3 Å². The van der Waals surface area contributed by atoms with Crippen LogP contribution in [0.3, 0.4) is 0 Å². The second-order valence-corrected chi connectivity index (χ2v) is 5.14. The summed E-state index contributed by atoms with van der Waals surface area (Å²) in [5.74, 6) is 1.58. The third kappa shape index (κ3) is 4.42. The molecule has 0 aliphatic heterocycles. The lowest BCUT2D eigenvalue weighted by Crippen LogP contribution is -1.94. The van der Waals surface area contributed by atoms with Crippen LogP contribution in [0.15, 0.2) is 42.5 Å². The molecule has 0 unspecified atom stereocenters. The predicted octanol–water partition coefficient (Wildman–Crippen LogP) is 3.85. The summed E-state index contributed by atoms with van der Waals surface area (Å²) in [4.78, 5) is 0. The Labute approximate surface area is 126 Å². The minimum Gasteiger partial charge on any atom is -0.493 e. The minimum absolute atomic E-state index is 0.781. The Morgan fingerprint density at radius 1 is 0.762 bits per heavy atom. The quantitative estimate of drug-likeness (QED) is 0.620. The zero-order valence-electron chi connectivity index (χ0n) is 12.8. The van der Waals surface area contributed by atoms with Crippen molar-refractivity contribution in [1.82, 2.24) is 0 Å². The van der Waals surface area contributed by atoms with Gasteiger partial charge in [-0.25, -0.2) is 0 Å². The lowest BCUT2D eigenvalue weighted by Gasteiger charge is -2.09. The van der Waals surface area contributed by atoms with E-state index in [0.29, 0.717) is 0 Å². The van der Waals surface area contributed by atoms with Crippen LogP contribution in [0.2, 0.25) is 0 Å². The fraction of sp³-hybridized carbons (Fsp3) is 0.333. The smallest absolute Gasteiger partial charge is 0.160 e. The summed E-state index contributed by atoms with van der Waals surface area (Å²) < 4.78 is 10.6. The number of methoxy groups -OCH3 is 2. The van der Waals surface area contributed by atoms with E-state index < -0.39 is 0 Å². The maximum absolute atomic E-state index is 5.69. The van der Waals surface area contributed by atoms with E-state index in [0.717, 1.165) is 42.9 Å². The Kier molecular flexibility index (Phi) is 5.50. The Bertz CT molecular complexity index is 564. The van der Waals surface area contributed by atoms with Gasteiger partial charge >= 0.3 is 0 Å². The van der Waals surface area contributed by atoms with Crippen LogP contribution in [0.1, 0.15) is 24.0 Å². The molecule has 0 saturated heterocycles. The van der Waals surface area contributed by atoms with Crippen LogP contribution >= 0.6 is 0 Å². The molecule has 0 spiro atoms. The average Bonchev–Trinajstić information content (AvgIpc) is 2.53. The molecule has 0 saturated carbocycles. The van der Waals surface area contributed by atoms with Gasteiger partial charge < -0.3 is 15.2 Å². The van der Waals surface area contributed by atoms with Gasteiger partial charge in [0.1, 0.15) is 0 Å². The normalized spacial score (nSPS) is 10.4. The molecular weight excluding hydrogens is 262 g/mol. The number of aryl methyl sites for hydroxylation is 2. The van der Waals surface area contributed by atoms with Crippen molar-refractivity contribution in [3.05, 3.63) is 53.6 Å². The molecule has 112 valence electrons. The van der Waals surface area contributed by atoms with Gasteiger partial charge in [0.25, 0.3) is 0 Å². The summed E-state index contributed by atoms with van der Waals surface area (Å²) in [6.07, 6.45) is 4.46. The molecule has 2 aromatic carbocycles. The van der Waals surface area contributed by atoms with Crippen LogP contribution in [0.25, 0.3) is 0 Å². The Hall–Kier alpha value is -2.16. The van der Waals surface area contributed by atoms with Gasteiger partial charge in [-0.2, -0.15) is 0 Å². The van der Waals surface area contributed by atoms with E-state index in [1.54, 1.807) is 14.2 Å². The predicted molar refractivity (Wildman–Crippen MR) is 87.0 cm³/mol. The van der Waals surface area contributed by atoms with Gasteiger partial charge in [-0.1, -0.05) is 18.2 Å². The van der Waals surface area contributed by atoms with Gasteiger partial charge in [-0.3, -0.25) is 0 Å². The first kappa shape index (κ1) is 15.2. The maximum atomic E-state index is 5.69. The van der Waals surface area contributed by atoms with Crippen molar-refractivity contribution in [3.63, 3.8) is 0 Å². The van der Waals surface area contributed by atoms with E-state index >= 15 is 0 Å². The highest BCUT2D eigenvalue weighted by Gasteiger charge is 2.04. The molecule has 2 rings (SSSR count). The molecular formula is C18H23NO2. The lowest BCUT2D eigenvalue weighted by atomic mass is 10.0. The van der Waals surface area contributed by atoms with Gasteiger partial charge in [-0.05, 0) is 61.1 Å². The number of nitrogen functional groups attached to an aromatic ring is 1. The van der Waals surface area contributed by atoms with Crippen molar-refractivity contribution in [1.29, 1.82) is 0 Å². The van der Waals surface area contributed by atoms with Crippen molar-refractivity contribution in [2.24, 2.45) is 0 Å². The Morgan fingerprint density at radius 2 is 1.33 bits per heavy atom. The molecule has 0 aliphatic rings. The third-order valence-corrected chi connectivity index (χ3v) is 3.61. The summed E-state index contributed by atoms with van der Waals surface area (Å²) in [5.41, 5.74) is 9.14. The number of nitrogens with two attached hydrogens (primary N) is 1. The number of hydrogen-bond acceptors (Lipinski definition) is 3. The van der Waals surface area contributed by atoms with Gasteiger partial charge in [0.15, 0.2) is 11.5 Å². The first-order valence-electron chi connectivity index (χ1n) is 7.28.